The van der Waals surface area contributed by atoms with Crippen molar-refractivity contribution in [3.8, 4) is 23.0 Å². The van der Waals surface area contributed by atoms with Gasteiger partial charge in [0, 0.05) is 24.9 Å². The number of likely N-dealkylation sites (N-methyl/N-ethyl adjacent to an activating group) is 1. The average Bonchev–Trinajstić information content (AvgIpc) is 2.55. The molecular formula is C17H17NO5. The van der Waals surface area contributed by atoms with E-state index < -0.39 is 0 Å². The Labute approximate surface area is 133 Å². The van der Waals surface area contributed by atoms with Crippen LogP contribution in [0.1, 0.15) is 5.56 Å². The smallest absolute Gasteiger partial charge is 0.250 e. The molecule has 0 unspecified atom stereocenters. The van der Waals surface area contributed by atoms with E-state index in [2.05, 4.69) is 0 Å². The number of phenolic OH excluding ortho intramolecular Hbond substituents is 3. The number of rotatable bonds is 4. The van der Waals surface area contributed by atoms with Gasteiger partial charge in [0.1, 0.15) is 0 Å². The number of nitrogens with zero attached hydrogens (tertiary/aromatic N) is 1. The quantitative estimate of drug-likeness (QED) is 0.596. The van der Waals surface area contributed by atoms with Crippen LogP contribution in [0.3, 0.4) is 0 Å². The first-order valence-corrected chi connectivity index (χ1v) is 6.77. The molecule has 0 saturated heterocycles. The summed E-state index contributed by atoms with van der Waals surface area (Å²) in [5, 5.41) is 28.2. The minimum atomic E-state index is -0.301. The van der Waals surface area contributed by atoms with Gasteiger partial charge in [-0.25, -0.2) is 0 Å². The molecular weight excluding hydrogens is 298 g/mol. The van der Waals surface area contributed by atoms with E-state index in [1.54, 1.807) is 25.2 Å². The summed E-state index contributed by atoms with van der Waals surface area (Å²) in [5.41, 5.74) is 1.13. The number of hydrogen-bond acceptors (Lipinski definition) is 5. The van der Waals surface area contributed by atoms with Crippen molar-refractivity contribution in [2.24, 2.45) is 0 Å². The van der Waals surface area contributed by atoms with E-state index in [0.717, 1.165) is 0 Å². The lowest BCUT2D eigenvalue weighted by Gasteiger charge is -2.16. The van der Waals surface area contributed by atoms with Crippen LogP contribution in [0.15, 0.2) is 42.5 Å². The van der Waals surface area contributed by atoms with Crippen molar-refractivity contribution in [1.29, 1.82) is 0 Å². The fourth-order valence-electron chi connectivity index (χ4n) is 1.93. The van der Waals surface area contributed by atoms with Crippen LogP contribution < -0.4 is 9.64 Å². The molecule has 0 saturated carbocycles. The van der Waals surface area contributed by atoms with Crippen molar-refractivity contribution in [2.45, 2.75) is 0 Å². The van der Waals surface area contributed by atoms with E-state index in [-0.39, 0.29) is 28.9 Å². The zero-order valence-corrected chi connectivity index (χ0v) is 12.7. The number of methoxy groups -OCH3 is 1. The molecule has 0 atom stereocenters. The third-order valence-electron chi connectivity index (χ3n) is 3.30. The average molecular weight is 315 g/mol. The predicted octanol–water partition coefficient (Wildman–Crippen LogP) is 2.49. The molecule has 1 amide bonds. The largest absolute Gasteiger partial charge is 0.504 e. The van der Waals surface area contributed by atoms with Gasteiger partial charge in [-0.2, -0.15) is 0 Å². The summed E-state index contributed by atoms with van der Waals surface area (Å²) in [6.45, 7) is 0. The lowest BCUT2D eigenvalue weighted by atomic mass is 10.2. The monoisotopic (exact) mass is 315 g/mol. The van der Waals surface area contributed by atoms with Crippen molar-refractivity contribution < 1.29 is 24.9 Å². The molecule has 0 aliphatic heterocycles. The molecule has 0 aliphatic rings. The molecule has 120 valence electrons. The summed E-state index contributed by atoms with van der Waals surface area (Å²) in [4.78, 5) is 13.6. The first-order valence-electron chi connectivity index (χ1n) is 6.77. The number of phenols is 3. The second kappa shape index (κ2) is 6.74. The number of amides is 1. The Morgan fingerprint density at radius 1 is 1.04 bits per heavy atom. The summed E-state index contributed by atoms with van der Waals surface area (Å²) in [5.74, 6) is -0.509. The molecule has 2 aromatic rings. The molecule has 6 heteroatoms. The van der Waals surface area contributed by atoms with Gasteiger partial charge in [-0.05, 0) is 35.9 Å². The minimum absolute atomic E-state index is 0.00721. The zero-order chi connectivity index (χ0) is 17.0. The number of hydrogen-bond donors (Lipinski definition) is 3. The molecule has 6 nitrogen and oxygen atoms in total. The van der Waals surface area contributed by atoms with E-state index >= 15 is 0 Å². The van der Waals surface area contributed by atoms with Crippen LogP contribution >= 0.6 is 0 Å². The fraction of sp³-hybridized carbons (Fsp3) is 0.118. The number of aromatic hydroxyl groups is 3. The van der Waals surface area contributed by atoms with E-state index in [0.29, 0.717) is 11.3 Å². The van der Waals surface area contributed by atoms with Gasteiger partial charge < -0.3 is 25.0 Å². The van der Waals surface area contributed by atoms with Crippen LogP contribution in [0.25, 0.3) is 6.08 Å². The number of anilines is 1. The van der Waals surface area contributed by atoms with E-state index in [1.807, 2.05) is 0 Å². The Bertz CT molecular complexity index is 755. The molecule has 0 fully saturated rings. The molecule has 0 spiro atoms. The number of carbonyl (C=O) groups excluding carboxylic acids is 1. The Morgan fingerprint density at radius 2 is 1.74 bits per heavy atom. The van der Waals surface area contributed by atoms with Gasteiger partial charge in [0.05, 0.1) is 7.11 Å². The van der Waals surface area contributed by atoms with Crippen LogP contribution in [-0.2, 0) is 4.79 Å². The van der Waals surface area contributed by atoms with E-state index in [9.17, 15) is 20.1 Å². The van der Waals surface area contributed by atoms with Gasteiger partial charge in [0.2, 0.25) is 0 Å². The summed E-state index contributed by atoms with van der Waals surface area (Å²) < 4.78 is 5.01. The first-order chi connectivity index (χ1) is 10.9. The highest BCUT2D eigenvalue weighted by Gasteiger charge is 2.11. The molecule has 23 heavy (non-hydrogen) atoms. The van der Waals surface area contributed by atoms with Crippen LogP contribution in [0.2, 0.25) is 0 Å². The highest BCUT2D eigenvalue weighted by Crippen LogP contribution is 2.30. The van der Waals surface area contributed by atoms with Crippen molar-refractivity contribution in [3.63, 3.8) is 0 Å². The Balaban J connectivity index is 2.16. The summed E-state index contributed by atoms with van der Waals surface area (Å²) >= 11 is 0. The van der Waals surface area contributed by atoms with Gasteiger partial charge in [-0.1, -0.05) is 6.07 Å². The predicted molar refractivity (Wildman–Crippen MR) is 86.9 cm³/mol. The van der Waals surface area contributed by atoms with Crippen LogP contribution in [0, 0.1) is 0 Å². The Hall–Kier alpha value is -3.15. The molecule has 0 bridgehead atoms. The molecule has 2 aromatic carbocycles. The lowest BCUT2D eigenvalue weighted by molar-refractivity contribution is -0.113. The minimum Gasteiger partial charge on any atom is -0.504 e. The van der Waals surface area contributed by atoms with Crippen molar-refractivity contribution in [1.82, 2.24) is 0 Å². The third kappa shape index (κ3) is 3.74. The van der Waals surface area contributed by atoms with Gasteiger partial charge in [0.25, 0.3) is 5.91 Å². The SMILES string of the molecule is COc1cc(N(C)C(=O)/C=C/c2ccc(O)c(O)c2)ccc1O. The molecule has 3 N–H and O–H groups in total. The van der Waals surface area contributed by atoms with Crippen molar-refractivity contribution in [2.75, 3.05) is 19.1 Å². The van der Waals surface area contributed by atoms with Crippen molar-refractivity contribution in [3.05, 3.63) is 48.0 Å². The third-order valence-corrected chi connectivity index (χ3v) is 3.30. The standard InChI is InChI=1S/C17H17NO5/c1-18(12-5-7-14(20)16(10-12)23-2)17(22)8-4-11-3-6-13(19)15(21)9-11/h3-10,19-21H,1-2H3/b8-4+. The van der Waals surface area contributed by atoms with Crippen LogP contribution in [0.4, 0.5) is 5.69 Å². The highest BCUT2D eigenvalue weighted by molar-refractivity contribution is 6.03. The number of ether oxygens (including phenoxy) is 1. The summed E-state index contributed by atoms with van der Waals surface area (Å²) in [6.07, 6.45) is 2.86. The molecule has 0 aliphatic carbocycles. The maximum Gasteiger partial charge on any atom is 0.250 e. The fourth-order valence-corrected chi connectivity index (χ4v) is 1.93. The van der Waals surface area contributed by atoms with E-state index in [1.165, 1.54) is 42.4 Å². The lowest BCUT2D eigenvalue weighted by Crippen LogP contribution is -2.23. The number of carbonyl (C=O) groups is 1. The van der Waals surface area contributed by atoms with Crippen LogP contribution in [0.5, 0.6) is 23.0 Å². The maximum absolute atomic E-state index is 12.2. The first kappa shape index (κ1) is 16.2. The van der Waals surface area contributed by atoms with E-state index in [4.69, 9.17) is 4.74 Å². The van der Waals surface area contributed by atoms with Gasteiger partial charge >= 0.3 is 0 Å². The Morgan fingerprint density at radius 3 is 2.39 bits per heavy atom. The highest BCUT2D eigenvalue weighted by atomic mass is 16.5. The van der Waals surface area contributed by atoms with Crippen LogP contribution in [-0.4, -0.2) is 35.4 Å². The molecule has 0 radical (unpaired) electrons. The maximum atomic E-state index is 12.2. The van der Waals surface area contributed by atoms with Gasteiger partial charge in [0.15, 0.2) is 23.0 Å². The van der Waals surface area contributed by atoms with Gasteiger partial charge in [-0.3, -0.25) is 4.79 Å². The molecule has 2 rings (SSSR count). The summed E-state index contributed by atoms with van der Waals surface area (Å²) in [7, 11) is 3.02. The second-order valence-electron chi connectivity index (χ2n) is 4.83. The molecule has 0 aromatic heterocycles. The Kier molecular flexibility index (Phi) is 4.75. The summed E-state index contributed by atoms with van der Waals surface area (Å²) in [6, 6.07) is 8.85. The topological polar surface area (TPSA) is 90.2 Å². The van der Waals surface area contributed by atoms with Crippen molar-refractivity contribution >= 4 is 17.7 Å². The normalized spacial score (nSPS) is 10.7. The molecule has 0 heterocycles. The number of benzene rings is 2. The zero-order valence-electron chi connectivity index (χ0n) is 12.7. The van der Waals surface area contributed by atoms with Gasteiger partial charge in [-0.15, -0.1) is 0 Å². The second-order valence-corrected chi connectivity index (χ2v) is 4.83.